The Labute approximate surface area is 89.9 Å². The van der Waals surface area contributed by atoms with E-state index in [-0.39, 0.29) is 6.79 Å². The van der Waals surface area contributed by atoms with Crippen LogP contribution in [0.4, 0.5) is 0 Å². The van der Waals surface area contributed by atoms with E-state index in [1.807, 2.05) is 18.2 Å². The molecule has 4 nitrogen and oxygen atoms in total. The Morgan fingerprint density at radius 1 is 1.27 bits per heavy atom. The predicted octanol–water partition coefficient (Wildman–Crippen LogP) is 1.18. The van der Waals surface area contributed by atoms with Gasteiger partial charge in [-0.2, -0.15) is 0 Å². The molecule has 0 unspecified atom stereocenters. The summed E-state index contributed by atoms with van der Waals surface area (Å²) in [4.78, 5) is 0. The lowest BCUT2D eigenvalue weighted by atomic mass is 10.1. The van der Waals surface area contributed by atoms with Gasteiger partial charge in [0.05, 0.1) is 7.11 Å². The van der Waals surface area contributed by atoms with Gasteiger partial charge in [0.15, 0.2) is 6.79 Å². The zero-order valence-corrected chi connectivity index (χ0v) is 9.16. The molecular weight excluding hydrogens is 194 g/mol. The molecule has 0 heterocycles. The Bertz CT molecular complexity index is 302. The highest BCUT2D eigenvalue weighted by Crippen LogP contribution is 2.25. The number of rotatable bonds is 6. The van der Waals surface area contributed by atoms with Gasteiger partial charge in [-0.15, -0.1) is 0 Å². The lowest BCUT2D eigenvalue weighted by molar-refractivity contribution is 0.0503. The van der Waals surface area contributed by atoms with Gasteiger partial charge in [0.2, 0.25) is 0 Å². The largest absolute Gasteiger partial charge is 0.497 e. The van der Waals surface area contributed by atoms with Crippen molar-refractivity contribution in [3.63, 3.8) is 0 Å². The normalized spacial score (nSPS) is 10.1. The van der Waals surface area contributed by atoms with Crippen molar-refractivity contribution in [2.24, 2.45) is 5.73 Å². The van der Waals surface area contributed by atoms with Crippen LogP contribution in [0.3, 0.4) is 0 Å². The summed E-state index contributed by atoms with van der Waals surface area (Å²) < 4.78 is 15.4. The van der Waals surface area contributed by atoms with Crippen molar-refractivity contribution in [3.05, 3.63) is 23.8 Å². The number of ether oxygens (including phenoxy) is 3. The van der Waals surface area contributed by atoms with Crippen molar-refractivity contribution in [2.75, 3.05) is 27.6 Å². The molecule has 0 amide bonds. The van der Waals surface area contributed by atoms with Gasteiger partial charge in [0, 0.05) is 13.2 Å². The second-order valence-electron chi connectivity index (χ2n) is 3.06. The van der Waals surface area contributed by atoms with E-state index < -0.39 is 0 Å². The van der Waals surface area contributed by atoms with Gasteiger partial charge in [0.1, 0.15) is 11.5 Å². The maximum Gasteiger partial charge on any atom is 0.188 e. The van der Waals surface area contributed by atoms with Crippen LogP contribution in [-0.4, -0.2) is 27.6 Å². The summed E-state index contributed by atoms with van der Waals surface area (Å²) in [6.45, 7) is 0.820. The molecule has 0 radical (unpaired) electrons. The van der Waals surface area contributed by atoms with Crippen molar-refractivity contribution in [2.45, 2.75) is 6.42 Å². The Hall–Kier alpha value is -1.26. The molecule has 0 saturated heterocycles. The quantitative estimate of drug-likeness (QED) is 0.718. The first kappa shape index (κ1) is 11.8. The molecule has 1 aromatic rings. The highest BCUT2D eigenvalue weighted by molar-refractivity contribution is 5.40. The number of methoxy groups -OCH3 is 2. The fourth-order valence-corrected chi connectivity index (χ4v) is 1.28. The number of hydrogen-bond acceptors (Lipinski definition) is 4. The second kappa shape index (κ2) is 6.27. The number of nitrogens with two attached hydrogens (primary N) is 1. The highest BCUT2D eigenvalue weighted by atomic mass is 16.7. The van der Waals surface area contributed by atoms with E-state index >= 15 is 0 Å². The van der Waals surface area contributed by atoms with Crippen LogP contribution in [0.2, 0.25) is 0 Å². The molecule has 0 aromatic heterocycles. The zero-order chi connectivity index (χ0) is 11.1. The van der Waals surface area contributed by atoms with Crippen LogP contribution in [0.1, 0.15) is 5.56 Å². The van der Waals surface area contributed by atoms with Crippen molar-refractivity contribution in [3.8, 4) is 11.5 Å². The lowest BCUT2D eigenvalue weighted by Gasteiger charge is -2.11. The Balaban J connectivity index is 2.83. The summed E-state index contributed by atoms with van der Waals surface area (Å²) in [5.74, 6) is 1.53. The van der Waals surface area contributed by atoms with Gasteiger partial charge >= 0.3 is 0 Å². The molecule has 0 aliphatic heterocycles. The monoisotopic (exact) mass is 211 g/mol. The number of benzene rings is 1. The van der Waals surface area contributed by atoms with Gasteiger partial charge in [-0.1, -0.05) is 6.07 Å². The summed E-state index contributed by atoms with van der Waals surface area (Å²) in [5.41, 5.74) is 6.58. The molecule has 0 spiro atoms. The average Bonchev–Trinajstić information content (AvgIpc) is 2.28. The fourth-order valence-electron chi connectivity index (χ4n) is 1.28. The van der Waals surface area contributed by atoms with Crippen LogP contribution < -0.4 is 15.2 Å². The standard InChI is InChI=1S/C11H17NO3/c1-13-8-15-11-7-10(14-2)4-3-9(11)5-6-12/h3-4,7H,5-6,8,12H2,1-2H3. The molecule has 84 valence electrons. The molecule has 0 saturated carbocycles. The first-order chi connectivity index (χ1) is 7.31. The molecule has 0 atom stereocenters. The molecule has 2 N–H and O–H groups in total. The fraction of sp³-hybridized carbons (Fsp3) is 0.455. The van der Waals surface area contributed by atoms with E-state index in [1.165, 1.54) is 0 Å². The summed E-state index contributed by atoms with van der Waals surface area (Å²) in [5, 5.41) is 0. The van der Waals surface area contributed by atoms with Crippen molar-refractivity contribution in [1.82, 2.24) is 0 Å². The Kier molecular flexibility index (Phi) is 4.93. The van der Waals surface area contributed by atoms with Crippen LogP contribution in [-0.2, 0) is 11.2 Å². The summed E-state index contributed by atoms with van der Waals surface area (Å²) in [6.07, 6.45) is 0.781. The minimum Gasteiger partial charge on any atom is -0.497 e. The van der Waals surface area contributed by atoms with Gasteiger partial charge in [-0.25, -0.2) is 0 Å². The molecule has 0 aliphatic carbocycles. The first-order valence-electron chi connectivity index (χ1n) is 4.80. The SMILES string of the molecule is COCOc1cc(OC)ccc1CCN. The first-order valence-corrected chi connectivity index (χ1v) is 4.80. The molecule has 15 heavy (non-hydrogen) atoms. The summed E-state index contributed by atoms with van der Waals surface area (Å²) in [7, 11) is 3.21. The molecule has 1 rings (SSSR count). The van der Waals surface area contributed by atoms with Crippen LogP contribution in [0, 0.1) is 0 Å². The summed E-state index contributed by atoms with van der Waals surface area (Å²) >= 11 is 0. The molecule has 4 heteroatoms. The van der Waals surface area contributed by atoms with Crippen LogP contribution in [0.5, 0.6) is 11.5 Å². The lowest BCUT2D eigenvalue weighted by Crippen LogP contribution is -2.07. The third-order valence-corrected chi connectivity index (χ3v) is 2.02. The van der Waals surface area contributed by atoms with E-state index in [0.29, 0.717) is 6.54 Å². The summed E-state index contributed by atoms with van der Waals surface area (Å²) in [6, 6.07) is 5.69. The van der Waals surface area contributed by atoms with E-state index in [1.54, 1.807) is 14.2 Å². The average molecular weight is 211 g/mol. The van der Waals surface area contributed by atoms with Crippen molar-refractivity contribution >= 4 is 0 Å². The van der Waals surface area contributed by atoms with Crippen LogP contribution >= 0.6 is 0 Å². The predicted molar refractivity (Wildman–Crippen MR) is 58.3 cm³/mol. The van der Waals surface area contributed by atoms with Gasteiger partial charge in [-0.05, 0) is 24.6 Å². The van der Waals surface area contributed by atoms with Gasteiger partial charge < -0.3 is 19.9 Å². The zero-order valence-electron chi connectivity index (χ0n) is 9.16. The maximum atomic E-state index is 5.51. The smallest absolute Gasteiger partial charge is 0.188 e. The van der Waals surface area contributed by atoms with Crippen LogP contribution in [0.25, 0.3) is 0 Å². The Morgan fingerprint density at radius 3 is 2.67 bits per heavy atom. The van der Waals surface area contributed by atoms with E-state index in [0.717, 1.165) is 23.5 Å². The third-order valence-electron chi connectivity index (χ3n) is 2.02. The number of hydrogen-bond donors (Lipinski definition) is 1. The maximum absolute atomic E-state index is 5.51. The minimum atomic E-state index is 0.227. The van der Waals surface area contributed by atoms with E-state index in [4.69, 9.17) is 19.9 Å². The highest BCUT2D eigenvalue weighted by Gasteiger charge is 2.04. The van der Waals surface area contributed by atoms with E-state index in [2.05, 4.69) is 0 Å². The molecule has 0 fully saturated rings. The van der Waals surface area contributed by atoms with Crippen LogP contribution in [0.15, 0.2) is 18.2 Å². The second-order valence-corrected chi connectivity index (χ2v) is 3.06. The topological polar surface area (TPSA) is 53.7 Å². The van der Waals surface area contributed by atoms with Crippen molar-refractivity contribution in [1.29, 1.82) is 0 Å². The van der Waals surface area contributed by atoms with Gasteiger partial charge in [0.25, 0.3) is 0 Å². The van der Waals surface area contributed by atoms with Gasteiger partial charge in [-0.3, -0.25) is 0 Å². The molecule has 0 aliphatic rings. The molecule has 1 aromatic carbocycles. The Morgan fingerprint density at radius 2 is 2.07 bits per heavy atom. The minimum absolute atomic E-state index is 0.227. The molecule has 0 bridgehead atoms. The van der Waals surface area contributed by atoms with E-state index in [9.17, 15) is 0 Å². The third kappa shape index (κ3) is 3.42. The molecular formula is C11H17NO3. The van der Waals surface area contributed by atoms with Crippen molar-refractivity contribution < 1.29 is 14.2 Å².